The number of para-hydroxylation sites is 4. The zero-order chi connectivity index (χ0) is 44.4. The highest BCUT2D eigenvalue weighted by molar-refractivity contribution is 6.12. The molecule has 0 saturated carbocycles. The van der Waals surface area contributed by atoms with Crippen molar-refractivity contribution in [3.05, 3.63) is 264 Å². The summed E-state index contributed by atoms with van der Waals surface area (Å²) in [6.45, 7) is 4.71. The van der Waals surface area contributed by atoms with E-state index in [0.29, 0.717) is 0 Å². The van der Waals surface area contributed by atoms with E-state index in [1.807, 2.05) is 0 Å². The lowest BCUT2D eigenvalue weighted by Crippen LogP contribution is -2.37. The monoisotopic (exact) mass is 856 g/mol. The van der Waals surface area contributed by atoms with Gasteiger partial charge >= 0.3 is 0 Å². The van der Waals surface area contributed by atoms with E-state index in [1.165, 1.54) is 72.0 Å². The summed E-state index contributed by atoms with van der Waals surface area (Å²) >= 11 is 0. The molecule has 3 aliphatic rings. The van der Waals surface area contributed by atoms with Crippen molar-refractivity contribution >= 4 is 38.9 Å². The summed E-state index contributed by atoms with van der Waals surface area (Å²) in [5, 5.41) is 2.52. The Morgan fingerprint density at radius 2 is 0.940 bits per heavy atom. The van der Waals surface area contributed by atoms with Gasteiger partial charge in [-0.15, -0.1) is 0 Å². The molecule has 3 heterocycles. The van der Waals surface area contributed by atoms with E-state index >= 15 is 0 Å². The molecular formula is C64H44N2O. The van der Waals surface area contributed by atoms with Crippen molar-refractivity contribution in [3.63, 3.8) is 0 Å². The molecule has 14 rings (SSSR count). The van der Waals surface area contributed by atoms with Crippen molar-refractivity contribution in [2.75, 3.05) is 4.90 Å². The summed E-state index contributed by atoms with van der Waals surface area (Å²) in [7, 11) is 0. The number of nitrogens with zero attached hydrogens (tertiary/aromatic N) is 2. The van der Waals surface area contributed by atoms with Gasteiger partial charge in [0.2, 0.25) is 0 Å². The summed E-state index contributed by atoms with van der Waals surface area (Å²) in [5.41, 5.74) is 21.1. The quantitative estimate of drug-likeness (QED) is 0.172. The van der Waals surface area contributed by atoms with Crippen molar-refractivity contribution < 1.29 is 4.74 Å². The molecule has 0 fully saturated rings. The Balaban J connectivity index is 0.928. The highest BCUT2D eigenvalue weighted by atomic mass is 16.5. The molecule has 11 aromatic rings. The Morgan fingerprint density at radius 3 is 1.75 bits per heavy atom. The van der Waals surface area contributed by atoms with Crippen molar-refractivity contribution in [1.29, 1.82) is 0 Å². The van der Waals surface area contributed by atoms with Crippen LogP contribution in [-0.4, -0.2) is 4.57 Å². The predicted octanol–water partition coefficient (Wildman–Crippen LogP) is 16.7. The van der Waals surface area contributed by atoms with Crippen LogP contribution in [0.1, 0.15) is 47.2 Å². The molecule has 2 aliphatic heterocycles. The normalized spacial score (nSPS) is 15.6. The van der Waals surface area contributed by atoms with E-state index in [4.69, 9.17) is 4.74 Å². The first kappa shape index (κ1) is 37.9. The number of aromatic nitrogens is 1. The molecule has 67 heavy (non-hydrogen) atoms. The van der Waals surface area contributed by atoms with Crippen LogP contribution in [0.15, 0.2) is 231 Å². The van der Waals surface area contributed by atoms with E-state index in [9.17, 15) is 0 Å². The van der Waals surface area contributed by atoms with Crippen molar-refractivity contribution in [2.45, 2.75) is 24.7 Å². The molecule has 0 amide bonds. The number of ether oxygens (including phenoxy) is 1. The van der Waals surface area contributed by atoms with Crippen LogP contribution in [0.3, 0.4) is 0 Å². The van der Waals surface area contributed by atoms with Crippen molar-refractivity contribution in [3.8, 4) is 50.6 Å². The van der Waals surface area contributed by atoms with Gasteiger partial charge in [0.05, 0.1) is 22.1 Å². The molecule has 1 aromatic heterocycles. The van der Waals surface area contributed by atoms with Crippen molar-refractivity contribution in [2.24, 2.45) is 0 Å². The highest BCUT2D eigenvalue weighted by Crippen LogP contribution is 2.61. The number of hydrogen-bond acceptors (Lipinski definition) is 2. The lowest BCUT2D eigenvalue weighted by Gasteiger charge is -2.45. The Morgan fingerprint density at radius 1 is 0.373 bits per heavy atom. The summed E-state index contributed by atoms with van der Waals surface area (Å²) < 4.78 is 9.38. The molecule has 0 saturated heterocycles. The maximum absolute atomic E-state index is 6.89. The lowest BCUT2D eigenvalue weighted by atomic mass is 9.61. The maximum atomic E-state index is 6.89. The summed E-state index contributed by atoms with van der Waals surface area (Å²) in [4.78, 5) is 2.41. The molecule has 0 bridgehead atoms. The maximum Gasteiger partial charge on any atom is 0.132 e. The largest absolute Gasteiger partial charge is 0.457 e. The molecule has 3 nitrogen and oxygen atoms in total. The van der Waals surface area contributed by atoms with Crippen LogP contribution < -0.4 is 9.64 Å². The lowest BCUT2D eigenvalue weighted by molar-refractivity contribution is 0.434. The van der Waals surface area contributed by atoms with Gasteiger partial charge in [-0.25, -0.2) is 0 Å². The van der Waals surface area contributed by atoms with Gasteiger partial charge in [0.1, 0.15) is 11.5 Å². The first-order valence-electron chi connectivity index (χ1n) is 23.3. The van der Waals surface area contributed by atoms with E-state index < -0.39 is 5.41 Å². The number of fused-ring (bicyclic) bond motifs is 14. The summed E-state index contributed by atoms with van der Waals surface area (Å²) in [6, 6.07) is 84.8. The van der Waals surface area contributed by atoms with E-state index in [-0.39, 0.29) is 5.41 Å². The molecular weight excluding hydrogens is 813 g/mol. The second-order valence-corrected chi connectivity index (χ2v) is 18.8. The fourth-order valence-corrected chi connectivity index (χ4v) is 12.0. The smallest absolute Gasteiger partial charge is 0.132 e. The van der Waals surface area contributed by atoms with Gasteiger partial charge < -0.3 is 14.2 Å². The van der Waals surface area contributed by atoms with Crippen molar-refractivity contribution in [1.82, 2.24) is 4.57 Å². The molecule has 1 aliphatic carbocycles. The average Bonchev–Trinajstić information content (AvgIpc) is 3.84. The Labute approximate surface area is 390 Å². The Hall–Kier alpha value is -8.40. The predicted molar refractivity (Wildman–Crippen MR) is 276 cm³/mol. The van der Waals surface area contributed by atoms with E-state index in [1.54, 1.807) is 0 Å². The van der Waals surface area contributed by atoms with Gasteiger partial charge in [0.25, 0.3) is 0 Å². The van der Waals surface area contributed by atoms with Crippen LogP contribution in [0.25, 0.3) is 60.9 Å². The van der Waals surface area contributed by atoms with Crippen LogP contribution in [0.2, 0.25) is 0 Å². The Kier molecular flexibility index (Phi) is 7.95. The van der Waals surface area contributed by atoms with Gasteiger partial charge in [-0.3, -0.25) is 0 Å². The minimum atomic E-state index is -0.635. The third kappa shape index (κ3) is 5.28. The fraction of sp³-hybridized carbons (Fsp3) is 0.0625. The van der Waals surface area contributed by atoms with Gasteiger partial charge in [0, 0.05) is 44.4 Å². The first-order chi connectivity index (χ1) is 33.0. The van der Waals surface area contributed by atoms with Gasteiger partial charge in [-0.1, -0.05) is 178 Å². The molecule has 3 heteroatoms. The third-order valence-electron chi connectivity index (χ3n) is 15.1. The standard InChI is InChI=1S/C64H44N2O/c1-63(2)52-20-8-6-17-48(52)49-37-36-47(40-56(49)63)65(45-32-27-42(28-33-45)41-15-4-3-5-16-41)46-34-29-43(30-35-46)44-31-38-61-57(39-44)64(54-22-10-13-26-60(54)67-61)53-21-9-12-25-59(53)66-58-24-11-7-18-50(58)51-19-14-23-55(64)62(51)66/h3-40H,1-2H3. The number of hydrogen-bond donors (Lipinski definition) is 0. The molecule has 316 valence electrons. The summed E-state index contributed by atoms with van der Waals surface area (Å²) in [5.74, 6) is 1.77. The highest BCUT2D eigenvalue weighted by Gasteiger charge is 2.50. The second kappa shape index (κ2) is 14.1. The van der Waals surface area contributed by atoms with E-state index in [2.05, 4.69) is 254 Å². The average molecular weight is 857 g/mol. The summed E-state index contributed by atoms with van der Waals surface area (Å²) in [6.07, 6.45) is 0. The van der Waals surface area contributed by atoms with E-state index in [0.717, 1.165) is 50.8 Å². The fourth-order valence-electron chi connectivity index (χ4n) is 12.0. The zero-order valence-corrected chi connectivity index (χ0v) is 37.2. The van der Waals surface area contributed by atoms with Crippen LogP contribution in [0.4, 0.5) is 17.1 Å². The SMILES string of the molecule is CC1(C)c2ccccc2-c2ccc(N(c3ccc(-c4ccccc4)cc3)c3ccc(-c4ccc5c(c4)C4(c6ccccc6O5)c5ccccc5-n5c6ccccc6c6cccc4c65)cc3)cc21. The van der Waals surface area contributed by atoms with Crippen LogP contribution in [0.5, 0.6) is 11.5 Å². The molecule has 10 aromatic carbocycles. The second-order valence-electron chi connectivity index (χ2n) is 18.8. The number of anilines is 3. The number of benzene rings is 10. The topological polar surface area (TPSA) is 17.4 Å². The van der Waals surface area contributed by atoms with Gasteiger partial charge in [0.15, 0.2) is 0 Å². The minimum absolute atomic E-state index is 0.121. The zero-order valence-electron chi connectivity index (χ0n) is 37.2. The minimum Gasteiger partial charge on any atom is -0.457 e. The molecule has 0 N–H and O–H groups in total. The number of rotatable bonds is 5. The molecule has 1 spiro atoms. The van der Waals surface area contributed by atoms with Crippen LogP contribution in [-0.2, 0) is 10.8 Å². The third-order valence-corrected chi connectivity index (χ3v) is 15.1. The Bertz CT molecular complexity index is 3800. The van der Waals surface area contributed by atoms with Crippen LogP contribution in [0, 0.1) is 0 Å². The molecule has 1 unspecified atom stereocenters. The first-order valence-corrected chi connectivity index (χ1v) is 23.3. The van der Waals surface area contributed by atoms with Gasteiger partial charge in [-0.2, -0.15) is 0 Å². The van der Waals surface area contributed by atoms with Gasteiger partial charge in [-0.05, 0) is 122 Å². The van der Waals surface area contributed by atoms with Crippen LogP contribution >= 0.6 is 0 Å². The molecule has 0 radical (unpaired) electrons. The molecule has 1 atom stereocenters.